The molecule has 2 rings (SSSR count). The van der Waals surface area contributed by atoms with E-state index in [1.165, 1.54) is 12.1 Å². The van der Waals surface area contributed by atoms with Gasteiger partial charge in [-0.25, -0.2) is 0 Å². The number of halogens is 3. The van der Waals surface area contributed by atoms with Crippen LogP contribution in [0.4, 0.5) is 13.2 Å². The zero-order chi connectivity index (χ0) is 15.8. The van der Waals surface area contributed by atoms with E-state index in [4.69, 9.17) is 0 Å². The molecule has 1 nitrogen and oxygen atoms in total. The number of benzene rings is 2. The van der Waals surface area contributed by atoms with Crippen LogP contribution in [0.25, 0.3) is 0 Å². The fourth-order valence-corrected chi connectivity index (χ4v) is 2.31. The minimum atomic E-state index is -4.36. The van der Waals surface area contributed by atoms with Crippen molar-refractivity contribution in [2.24, 2.45) is 0 Å². The number of aliphatic hydroxyl groups is 1. The van der Waals surface area contributed by atoms with Gasteiger partial charge in [0.25, 0.3) is 0 Å². The van der Waals surface area contributed by atoms with Crippen molar-refractivity contribution in [2.45, 2.75) is 33.1 Å². The van der Waals surface area contributed by atoms with Gasteiger partial charge in [-0.1, -0.05) is 24.3 Å². The summed E-state index contributed by atoms with van der Waals surface area (Å²) in [4.78, 5) is 0. The summed E-state index contributed by atoms with van der Waals surface area (Å²) < 4.78 is 37.6. The van der Waals surface area contributed by atoms with Crippen LogP contribution in [-0.4, -0.2) is 5.11 Å². The molecule has 0 saturated heterocycles. The molecule has 0 aromatic heterocycles. The van der Waals surface area contributed by atoms with Crippen LogP contribution in [0.3, 0.4) is 0 Å². The quantitative estimate of drug-likeness (QED) is 0.850. The zero-order valence-electron chi connectivity index (χ0n) is 12.1. The highest BCUT2D eigenvalue weighted by Crippen LogP contribution is 2.32. The van der Waals surface area contributed by atoms with Crippen molar-refractivity contribution in [3.05, 3.63) is 69.8 Å². The van der Waals surface area contributed by atoms with Crippen LogP contribution in [0.2, 0.25) is 0 Å². The van der Waals surface area contributed by atoms with Crippen LogP contribution >= 0.6 is 0 Å². The third kappa shape index (κ3) is 3.27. The Bertz CT molecular complexity index is 642. The summed E-state index contributed by atoms with van der Waals surface area (Å²) in [6.45, 7) is 5.81. The molecule has 0 bridgehead atoms. The van der Waals surface area contributed by atoms with Crippen molar-refractivity contribution in [3.63, 3.8) is 0 Å². The fraction of sp³-hybridized carbons (Fsp3) is 0.294. The van der Waals surface area contributed by atoms with Crippen molar-refractivity contribution in [2.75, 3.05) is 0 Å². The summed E-state index contributed by atoms with van der Waals surface area (Å²) in [5, 5.41) is 10.4. The molecular formula is C17H17F3O. The normalized spacial score (nSPS) is 13.3. The van der Waals surface area contributed by atoms with Crippen LogP contribution in [0, 0.1) is 20.8 Å². The van der Waals surface area contributed by atoms with Crippen LogP contribution in [0.15, 0.2) is 36.4 Å². The minimum absolute atomic E-state index is 0.453. The van der Waals surface area contributed by atoms with Gasteiger partial charge in [0, 0.05) is 0 Å². The third-order valence-corrected chi connectivity index (χ3v) is 3.73. The van der Waals surface area contributed by atoms with E-state index < -0.39 is 17.8 Å². The molecule has 0 aliphatic carbocycles. The first-order chi connectivity index (χ1) is 9.70. The molecule has 2 aromatic rings. The Morgan fingerprint density at radius 1 is 0.857 bits per heavy atom. The number of aliphatic hydroxyl groups excluding tert-OH is 1. The van der Waals surface area contributed by atoms with Crippen LogP contribution in [0.1, 0.15) is 39.5 Å². The lowest BCUT2D eigenvalue weighted by molar-refractivity contribution is -0.137. The first-order valence-electron chi connectivity index (χ1n) is 6.63. The molecule has 1 N–H and O–H groups in total. The first kappa shape index (κ1) is 15.6. The smallest absolute Gasteiger partial charge is 0.384 e. The third-order valence-electron chi connectivity index (χ3n) is 3.73. The Balaban J connectivity index is 2.36. The van der Waals surface area contributed by atoms with E-state index in [-0.39, 0.29) is 0 Å². The number of alkyl halides is 3. The summed E-state index contributed by atoms with van der Waals surface area (Å²) in [5.41, 5.74) is 3.55. The van der Waals surface area contributed by atoms with Crippen molar-refractivity contribution >= 4 is 0 Å². The first-order valence-corrected chi connectivity index (χ1v) is 6.63. The largest absolute Gasteiger partial charge is 0.416 e. The maximum absolute atomic E-state index is 12.5. The molecule has 0 radical (unpaired) electrons. The van der Waals surface area contributed by atoms with Crippen LogP contribution < -0.4 is 0 Å². The molecule has 0 spiro atoms. The van der Waals surface area contributed by atoms with E-state index in [1.807, 2.05) is 32.9 Å². The second-order valence-electron chi connectivity index (χ2n) is 5.32. The van der Waals surface area contributed by atoms with Crippen LogP contribution in [-0.2, 0) is 6.18 Å². The molecule has 1 unspecified atom stereocenters. The molecule has 0 aliphatic heterocycles. The van der Waals surface area contributed by atoms with Crippen molar-refractivity contribution < 1.29 is 18.3 Å². The van der Waals surface area contributed by atoms with E-state index in [0.717, 1.165) is 34.4 Å². The molecule has 112 valence electrons. The van der Waals surface area contributed by atoms with Gasteiger partial charge in [-0.2, -0.15) is 13.2 Å². The maximum Gasteiger partial charge on any atom is 0.416 e. The molecule has 4 heteroatoms. The standard InChI is InChI=1S/C17H17F3O/c1-10-8-12(3)15(9-11(10)2)16(21)13-4-6-14(7-5-13)17(18,19)20/h4-9,16,21H,1-3H3. The lowest BCUT2D eigenvalue weighted by atomic mass is 9.93. The fourth-order valence-electron chi connectivity index (χ4n) is 2.31. The number of aryl methyl sites for hydroxylation is 3. The summed E-state index contributed by atoms with van der Waals surface area (Å²) >= 11 is 0. The Hall–Kier alpha value is -1.81. The van der Waals surface area contributed by atoms with Gasteiger partial charge < -0.3 is 5.11 Å². The topological polar surface area (TPSA) is 20.2 Å². The predicted octanol–water partition coefficient (Wildman–Crippen LogP) is 4.71. The van der Waals surface area contributed by atoms with Gasteiger partial charge in [0.05, 0.1) is 5.56 Å². The summed E-state index contributed by atoms with van der Waals surface area (Å²) in [5.74, 6) is 0. The number of rotatable bonds is 2. The van der Waals surface area contributed by atoms with E-state index in [2.05, 4.69) is 0 Å². The summed E-state index contributed by atoms with van der Waals surface area (Å²) in [6.07, 6.45) is -5.29. The Kier molecular flexibility index (Phi) is 4.10. The maximum atomic E-state index is 12.5. The summed E-state index contributed by atoms with van der Waals surface area (Å²) in [6, 6.07) is 8.49. The highest BCUT2D eigenvalue weighted by atomic mass is 19.4. The van der Waals surface area contributed by atoms with Gasteiger partial charge in [-0.15, -0.1) is 0 Å². The van der Waals surface area contributed by atoms with E-state index >= 15 is 0 Å². The van der Waals surface area contributed by atoms with E-state index in [1.54, 1.807) is 0 Å². The second kappa shape index (κ2) is 5.53. The van der Waals surface area contributed by atoms with Gasteiger partial charge in [-0.05, 0) is 60.7 Å². The van der Waals surface area contributed by atoms with Crippen molar-refractivity contribution in [1.82, 2.24) is 0 Å². The lowest BCUT2D eigenvalue weighted by Gasteiger charge is -2.17. The van der Waals surface area contributed by atoms with Gasteiger partial charge in [0.2, 0.25) is 0 Å². The molecule has 2 aromatic carbocycles. The lowest BCUT2D eigenvalue weighted by Crippen LogP contribution is -2.07. The number of hydrogen-bond acceptors (Lipinski definition) is 1. The van der Waals surface area contributed by atoms with Crippen molar-refractivity contribution in [3.8, 4) is 0 Å². The summed E-state index contributed by atoms with van der Waals surface area (Å²) in [7, 11) is 0. The molecule has 1 atom stereocenters. The molecular weight excluding hydrogens is 277 g/mol. The predicted molar refractivity (Wildman–Crippen MR) is 76.2 cm³/mol. The van der Waals surface area contributed by atoms with Crippen molar-refractivity contribution in [1.29, 1.82) is 0 Å². The Morgan fingerprint density at radius 2 is 1.38 bits per heavy atom. The molecule has 0 amide bonds. The Labute approximate surface area is 122 Å². The molecule has 21 heavy (non-hydrogen) atoms. The SMILES string of the molecule is Cc1cc(C)c(C(O)c2ccc(C(F)(F)F)cc2)cc1C. The Morgan fingerprint density at radius 3 is 1.90 bits per heavy atom. The monoisotopic (exact) mass is 294 g/mol. The zero-order valence-corrected chi connectivity index (χ0v) is 12.1. The van der Waals surface area contributed by atoms with Gasteiger partial charge >= 0.3 is 6.18 Å². The van der Waals surface area contributed by atoms with Gasteiger partial charge in [0.1, 0.15) is 6.10 Å². The number of hydrogen-bond donors (Lipinski definition) is 1. The van der Waals surface area contributed by atoms with Crippen LogP contribution in [0.5, 0.6) is 0 Å². The van der Waals surface area contributed by atoms with E-state index in [0.29, 0.717) is 5.56 Å². The van der Waals surface area contributed by atoms with Gasteiger partial charge in [0.15, 0.2) is 0 Å². The second-order valence-corrected chi connectivity index (χ2v) is 5.32. The molecule has 0 aliphatic rings. The van der Waals surface area contributed by atoms with Gasteiger partial charge in [-0.3, -0.25) is 0 Å². The minimum Gasteiger partial charge on any atom is -0.384 e. The highest BCUT2D eigenvalue weighted by Gasteiger charge is 2.30. The molecule has 0 heterocycles. The average molecular weight is 294 g/mol. The average Bonchev–Trinajstić information content (AvgIpc) is 2.41. The highest BCUT2D eigenvalue weighted by molar-refractivity contribution is 5.41. The molecule has 0 saturated carbocycles. The van der Waals surface area contributed by atoms with E-state index in [9.17, 15) is 18.3 Å². The molecule has 0 fully saturated rings.